The Morgan fingerprint density at radius 1 is 1.33 bits per heavy atom. The summed E-state index contributed by atoms with van der Waals surface area (Å²) in [5.41, 5.74) is 0.898. The molecule has 18 heavy (non-hydrogen) atoms. The van der Waals surface area contributed by atoms with Gasteiger partial charge in [0.15, 0.2) is 0 Å². The number of ether oxygens (including phenoxy) is 1. The number of unbranched alkanes of at least 4 members (excludes halogenated alkanes) is 3. The summed E-state index contributed by atoms with van der Waals surface area (Å²) >= 11 is 1.57. The quantitative estimate of drug-likeness (QED) is 0.797. The average molecular weight is 265 g/mol. The lowest BCUT2D eigenvalue weighted by molar-refractivity contribution is -0.113. The molecule has 0 fully saturated rings. The Balaban J connectivity index is 1.85. The number of nitrogens with one attached hydrogen (secondary N) is 1. The molecule has 0 saturated heterocycles. The van der Waals surface area contributed by atoms with Gasteiger partial charge in [0.1, 0.15) is 5.75 Å². The van der Waals surface area contributed by atoms with Crippen molar-refractivity contribution in [2.24, 2.45) is 0 Å². The van der Waals surface area contributed by atoms with Crippen molar-refractivity contribution in [2.45, 2.75) is 37.5 Å². The fourth-order valence-electron chi connectivity index (χ4n) is 1.86. The smallest absolute Gasteiger partial charge is 0.234 e. The maximum absolute atomic E-state index is 11.2. The van der Waals surface area contributed by atoms with Crippen LogP contribution in [0.4, 0.5) is 5.69 Å². The van der Waals surface area contributed by atoms with Crippen molar-refractivity contribution in [1.29, 1.82) is 0 Å². The lowest BCUT2D eigenvalue weighted by Crippen LogP contribution is -2.18. The molecule has 0 unspecified atom stereocenters. The highest BCUT2D eigenvalue weighted by Crippen LogP contribution is 2.34. The minimum absolute atomic E-state index is 0.0701. The monoisotopic (exact) mass is 265 g/mol. The van der Waals surface area contributed by atoms with Crippen LogP contribution in [0, 0.1) is 0 Å². The zero-order valence-electron chi connectivity index (χ0n) is 10.7. The second-order valence-electron chi connectivity index (χ2n) is 4.40. The molecule has 0 saturated carbocycles. The Morgan fingerprint density at radius 3 is 3.06 bits per heavy atom. The molecule has 1 heterocycles. The molecule has 1 amide bonds. The van der Waals surface area contributed by atoms with E-state index in [0.29, 0.717) is 5.75 Å². The van der Waals surface area contributed by atoms with E-state index in [9.17, 15) is 4.79 Å². The second kappa shape index (κ2) is 6.69. The predicted octanol–water partition coefficient (Wildman–Crippen LogP) is 3.69. The highest BCUT2D eigenvalue weighted by Gasteiger charge is 2.15. The molecule has 1 aliphatic heterocycles. The first-order valence-corrected chi connectivity index (χ1v) is 7.47. The number of benzene rings is 1. The Morgan fingerprint density at radius 2 is 2.22 bits per heavy atom. The Labute approximate surface area is 112 Å². The summed E-state index contributed by atoms with van der Waals surface area (Å²) in [6, 6.07) is 5.85. The van der Waals surface area contributed by atoms with Crippen LogP contribution in [0.5, 0.6) is 5.75 Å². The van der Waals surface area contributed by atoms with E-state index in [4.69, 9.17) is 4.74 Å². The van der Waals surface area contributed by atoms with E-state index in [1.54, 1.807) is 11.8 Å². The molecule has 0 atom stereocenters. The third-order valence-corrected chi connectivity index (χ3v) is 3.91. The molecular formula is C14H19NO2S. The van der Waals surface area contributed by atoms with Crippen molar-refractivity contribution < 1.29 is 9.53 Å². The van der Waals surface area contributed by atoms with E-state index in [-0.39, 0.29) is 5.91 Å². The SMILES string of the molecule is CCCCCCOc1ccc2c(c1)SCC(=O)N2. The summed E-state index contributed by atoms with van der Waals surface area (Å²) in [7, 11) is 0. The Bertz CT molecular complexity index is 420. The summed E-state index contributed by atoms with van der Waals surface area (Å²) in [4.78, 5) is 12.3. The molecule has 4 heteroatoms. The Hall–Kier alpha value is -1.16. The molecule has 3 nitrogen and oxygen atoms in total. The number of hydrogen-bond acceptors (Lipinski definition) is 3. The normalized spacial score (nSPS) is 13.9. The average Bonchev–Trinajstić information content (AvgIpc) is 2.38. The maximum atomic E-state index is 11.2. The van der Waals surface area contributed by atoms with Crippen LogP contribution in [0.2, 0.25) is 0 Å². The molecule has 0 aromatic heterocycles. The number of carbonyl (C=O) groups excluding carboxylic acids is 1. The van der Waals surface area contributed by atoms with Crippen molar-refractivity contribution in [3.8, 4) is 5.75 Å². The Kier molecular flexibility index (Phi) is 4.93. The second-order valence-corrected chi connectivity index (χ2v) is 5.42. The van der Waals surface area contributed by atoms with Crippen molar-refractivity contribution in [3.05, 3.63) is 18.2 Å². The van der Waals surface area contributed by atoms with Crippen molar-refractivity contribution in [2.75, 3.05) is 17.7 Å². The summed E-state index contributed by atoms with van der Waals surface area (Å²) in [6.07, 6.45) is 4.85. The van der Waals surface area contributed by atoms with E-state index >= 15 is 0 Å². The largest absolute Gasteiger partial charge is 0.494 e. The first-order valence-electron chi connectivity index (χ1n) is 6.49. The number of anilines is 1. The molecule has 1 aromatic rings. The highest BCUT2D eigenvalue weighted by molar-refractivity contribution is 8.00. The minimum Gasteiger partial charge on any atom is -0.494 e. The lowest BCUT2D eigenvalue weighted by atomic mass is 10.2. The number of fused-ring (bicyclic) bond motifs is 1. The van der Waals surface area contributed by atoms with Crippen LogP contribution in [-0.4, -0.2) is 18.3 Å². The topological polar surface area (TPSA) is 38.3 Å². The molecule has 0 radical (unpaired) electrons. The fraction of sp³-hybridized carbons (Fsp3) is 0.500. The van der Waals surface area contributed by atoms with Gasteiger partial charge in [0.05, 0.1) is 18.0 Å². The van der Waals surface area contributed by atoms with Crippen LogP contribution < -0.4 is 10.1 Å². The zero-order valence-corrected chi connectivity index (χ0v) is 11.5. The highest BCUT2D eigenvalue weighted by atomic mass is 32.2. The van der Waals surface area contributed by atoms with E-state index in [1.807, 2.05) is 18.2 Å². The third-order valence-electron chi connectivity index (χ3n) is 2.85. The summed E-state index contributed by atoms with van der Waals surface area (Å²) in [6.45, 7) is 2.98. The number of thioether (sulfide) groups is 1. The van der Waals surface area contributed by atoms with Crippen LogP contribution in [0.1, 0.15) is 32.6 Å². The van der Waals surface area contributed by atoms with Gasteiger partial charge in [-0.05, 0) is 24.6 Å². The number of hydrogen-bond donors (Lipinski definition) is 1. The van der Waals surface area contributed by atoms with Crippen LogP contribution in [0.25, 0.3) is 0 Å². The molecule has 1 aromatic carbocycles. The molecule has 1 aliphatic rings. The van der Waals surface area contributed by atoms with Gasteiger partial charge in [-0.3, -0.25) is 4.79 Å². The van der Waals surface area contributed by atoms with E-state index in [2.05, 4.69) is 12.2 Å². The van der Waals surface area contributed by atoms with E-state index in [1.165, 1.54) is 19.3 Å². The fourth-order valence-corrected chi connectivity index (χ4v) is 2.70. The van der Waals surface area contributed by atoms with Crippen molar-refractivity contribution >= 4 is 23.4 Å². The first kappa shape index (κ1) is 13.3. The van der Waals surface area contributed by atoms with Gasteiger partial charge in [0.2, 0.25) is 5.91 Å². The molecule has 0 spiro atoms. The summed E-state index contributed by atoms with van der Waals surface area (Å²) in [5, 5.41) is 2.86. The summed E-state index contributed by atoms with van der Waals surface area (Å²) in [5.74, 6) is 1.46. The van der Waals surface area contributed by atoms with Crippen molar-refractivity contribution in [1.82, 2.24) is 0 Å². The molecule has 0 aliphatic carbocycles. The zero-order chi connectivity index (χ0) is 12.8. The number of amides is 1. The lowest BCUT2D eigenvalue weighted by Gasteiger charge is -2.17. The van der Waals surface area contributed by atoms with Gasteiger partial charge in [0, 0.05) is 4.90 Å². The molecular weight excluding hydrogens is 246 g/mol. The summed E-state index contributed by atoms with van der Waals surface area (Å²) < 4.78 is 5.72. The van der Waals surface area contributed by atoms with Gasteiger partial charge in [-0.1, -0.05) is 26.2 Å². The van der Waals surface area contributed by atoms with Gasteiger partial charge >= 0.3 is 0 Å². The van der Waals surface area contributed by atoms with Crippen LogP contribution in [0.15, 0.2) is 23.1 Å². The van der Waals surface area contributed by atoms with Gasteiger partial charge < -0.3 is 10.1 Å². The first-order chi connectivity index (χ1) is 8.79. The molecule has 0 bridgehead atoms. The molecule has 98 valence electrons. The number of rotatable bonds is 6. The third kappa shape index (κ3) is 3.67. The van der Waals surface area contributed by atoms with Crippen LogP contribution >= 0.6 is 11.8 Å². The van der Waals surface area contributed by atoms with Gasteiger partial charge in [-0.15, -0.1) is 11.8 Å². The number of carbonyl (C=O) groups is 1. The van der Waals surface area contributed by atoms with Crippen LogP contribution in [-0.2, 0) is 4.79 Å². The van der Waals surface area contributed by atoms with Gasteiger partial charge in [0.25, 0.3) is 0 Å². The van der Waals surface area contributed by atoms with Gasteiger partial charge in [-0.2, -0.15) is 0 Å². The molecule has 2 rings (SSSR count). The predicted molar refractivity (Wildman–Crippen MR) is 75.4 cm³/mol. The van der Waals surface area contributed by atoms with E-state index < -0.39 is 0 Å². The minimum atomic E-state index is 0.0701. The van der Waals surface area contributed by atoms with Crippen molar-refractivity contribution in [3.63, 3.8) is 0 Å². The van der Waals surface area contributed by atoms with Crippen LogP contribution in [0.3, 0.4) is 0 Å². The van der Waals surface area contributed by atoms with E-state index in [0.717, 1.165) is 29.4 Å². The maximum Gasteiger partial charge on any atom is 0.234 e. The standard InChI is InChI=1S/C14H19NO2S/c1-2-3-4-5-8-17-11-6-7-12-13(9-11)18-10-14(16)15-12/h6-7,9H,2-5,8,10H2,1H3,(H,15,16). The molecule has 1 N–H and O–H groups in total. The van der Waals surface area contributed by atoms with Gasteiger partial charge in [-0.25, -0.2) is 0 Å².